The third-order valence-corrected chi connectivity index (χ3v) is 4.10. The SMILES string of the molecule is CCC(C)(COC(=O)/C=C/C(=O)O)C(=O)OCCOC(=O)c1ccccc1C(=O)O. The summed E-state index contributed by atoms with van der Waals surface area (Å²) in [5.41, 5.74) is -1.53. The van der Waals surface area contributed by atoms with E-state index in [2.05, 4.69) is 0 Å². The van der Waals surface area contributed by atoms with Crippen LogP contribution < -0.4 is 0 Å². The molecule has 0 fully saturated rings. The Hall–Kier alpha value is -3.69. The number of carbonyl (C=O) groups excluding carboxylic acids is 3. The zero-order chi connectivity index (χ0) is 22.7. The molecule has 10 nitrogen and oxygen atoms in total. The minimum atomic E-state index is -1.31. The summed E-state index contributed by atoms with van der Waals surface area (Å²) in [6.07, 6.45) is 1.59. The van der Waals surface area contributed by atoms with Crippen LogP contribution in [0.1, 0.15) is 41.0 Å². The van der Waals surface area contributed by atoms with Gasteiger partial charge in [0.05, 0.1) is 16.5 Å². The van der Waals surface area contributed by atoms with Crippen LogP contribution in [0, 0.1) is 5.41 Å². The van der Waals surface area contributed by atoms with Gasteiger partial charge in [0.15, 0.2) is 0 Å². The van der Waals surface area contributed by atoms with Crippen LogP contribution in [0.2, 0.25) is 0 Å². The number of ether oxygens (including phenoxy) is 3. The average molecular weight is 422 g/mol. The molecule has 10 heteroatoms. The van der Waals surface area contributed by atoms with Crippen LogP contribution in [-0.2, 0) is 28.6 Å². The molecule has 30 heavy (non-hydrogen) atoms. The highest BCUT2D eigenvalue weighted by molar-refractivity contribution is 6.02. The maximum Gasteiger partial charge on any atom is 0.339 e. The van der Waals surface area contributed by atoms with Gasteiger partial charge in [0.2, 0.25) is 0 Å². The summed E-state index contributed by atoms with van der Waals surface area (Å²) in [6.45, 7) is 2.24. The minimum Gasteiger partial charge on any atom is -0.478 e. The Morgan fingerprint density at radius 2 is 1.53 bits per heavy atom. The van der Waals surface area contributed by atoms with Crippen molar-refractivity contribution in [2.45, 2.75) is 20.3 Å². The summed E-state index contributed by atoms with van der Waals surface area (Å²) >= 11 is 0. The van der Waals surface area contributed by atoms with E-state index in [-0.39, 0.29) is 37.4 Å². The molecule has 0 aromatic heterocycles. The summed E-state index contributed by atoms with van der Waals surface area (Å²) in [4.78, 5) is 57.3. The molecule has 2 N–H and O–H groups in total. The monoisotopic (exact) mass is 422 g/mol. The molecule has 0 bridgehead atoms. The zero-order valence-electron chi connectivity index (χ0n) is 16.5. The van der Waals surface area contributed by atoms with Crippen molar-refractivity contribution in [1.29, 1.82) is 0 Å². The van der Waals surface area contributed by atoms with Crippen LogP contribution in [0.3, 0.4) is 0 Å². The van der Waals surface area contributed by atoms with E-state index >= 15 is 0 Å². The first kappa shape index (κ1) is 24.3. The topological polar surface area (TPSA) is 154 Å². The molecule has 1 unspecified atom stereocenters. The highest BCUT2D eigenvalue weighted by atomic mass is 16.6. The fraction of sp³-hybridized carbons (Fsp3) is 0.350. The molecule has 1 rings (SSSR count). The molecule has 1 aromatic rings. The predicted molar refractivity (Wildman–Crippen MR) is 101 cm³/mol. The number of carboxylic acids is 2. The van der Waals surface area contributed by atoms with Gasteiger partial charge in [-0.15, -0.1) is 0 Å². The second kappa shape index (κ2) is 11.3. The van der Waals surface area contributed by atoms with Crippen molar-refractivity contribution < 1.29 is 48.4 Å². The second-order valence-corrected chi connectivity index (χ2v) is 6.32. The maximum absolute atomic E-state index is 12.3. The lowest BCUT2D eigenvalue weighted by molar-refractivity contribution is -0.162. The number of hydrogen-bond acceptors (Lipinski definition) is 8. The van der Waals surface area contributed by atoms with Crippen LogP contribution in [0.4, 0.5) is 0 Å². The van der Waals surface area contributed by atoms with E-state index in [1.165, 1.54) is 31.2 Å². The number of rotatable bonds is 11. The van der Waals surface area contributed by atoms with Gasteiger partial charge in [-0.3, -0.25) is 4.79 Å². The highest BCUT2D eigenvalue weighted by Crippen LogP contribution is 2.23. The Bertz CT molecular complexity index is 842. The molecule has 1 atom stereocenters. The lowest BCUT2D eigenvalue weighted by Crippen LogP contribution is -2.35. The summed E-state index contributed by atoms with van der Waals surface area (Å²) in [5, 5.41) is 17.5. The number of carboxylic acid groups (broad SMARTS) is 2. The normalized spacial score (nSPS) is 12.6. The van der Waals surface area contributed by atoms with Gasteiger partial charge in [-0.2, -0.15) is 0 Å². The van der Waals surface area contributed by atoms with Gasteiger partial charge in [0.25, 0.3) is 0 Å². The molecular formula is C20H22O10. The van der Waals surface area contributed by atoms with Gasteiger partial charge in [-0.25, -0.2) is 19.2 Å². The number of esters is 3. The Morgan fingerprint density at radius 3 is 2.10 bits per heavy atom. The molecule has 0 saturated carbocycles. The third kappa shape index (κ3) is 7.38. The van der Waals surface area contributed by atoms with E-state index in [1.54, 1.807) is 6.92 Å². The van der Waals surface area contributed by atoms with E-state index in [1.807, 2.05) is 0 Å². The standard InChI is InChI=1S/C20H22O10/c1-3-20(2,12-30-16(23)9-8-15(21)22)19(27)29-11-10-28-18(26)14-7-5-4-6-13(14)17(24)25/h4-9H,3,10-12H2,1-2H3,(H,21,22)(H,24,25)/b9-8+. The predicted octanol–water partition coefficient (Wildman–Crippen LogP) is 1.69. The number of hydrogen-bond donors (Lipinski definition) is 2. The van der Waals surface area contributed by atoms with Crippen molar-refractivity contribution in [3.05, 3.63) is 47.5 Å². The maximum atomic E-state index is 12.3. The third-order valence-electron chi connectivity index (χ3n) is 4.10. The van der Waals surface area contributed by atoms with Crippen molar-refractivity contribution in [3.63, 3.8) is 0 Å². The van der Waals surface area contributed by atoms with E-state index < -0.39 is 35.3 Å². The van der Waals surface area contributed by atoms with Gasteiger partial charge in [0.1, 0.15) is 19.8 Å². The van der Waals surface area contributed by atoms with Gasteiger partial charge in [0, 0.05) is 12.2 Å². The number of benzene rings is 1. The minimum absolute atomic E-state index is 0.129. The average Bonchev–Trinajstić information content (AvgIpc) is 2.72. The first-order chi connectivity index (χ1) is 14.1. The van der Waals surface area contributed by atoms with Crippen molar-refractivity contribution in [3.8, 4) is 0 Å². The van der Waals surface area contributed by atoms with Crippen LogP contribution in [0.15, 0.2) is 36.4 Å². The molecule has 0 heterocycles. The van der Waals surface area contributed by atoms with Gasteiger partial charge in [-0.05, 0) is 25.5 Å². The molecular weight excluding hydrogens is 400 g/mol. The Balaban J connectivity index is 2.54. The zero-order valence-corrected chi connectivity index (χ0v) is 16.5. The van der Waals surface area contributed by atoms with Gasteiger partial charge < -0.3 is 24.4 Å². The Labute approximate surface area is 172 Å². The molecule has 0 amide bonds. The van der Waals surface area contributed by atoms with E-state index in [0.29, 0.717) is 6.08 Å². The first-order valence-electron chi connectivity index (χ1n) is 8.85. The molecule has 0 aliphatic carbocycles. The lowest BCUT2D eigenvalue weighted by atomic mass is 9.89. The van der Waals surface area contributed by atoms with E-state index in [9.17, 15) is 24.0 Å². The van der Waals surface area contributed by atoms with Crippen LogP contribution in [0.5, 0.6) is 0 Å². The lowest BCUT2D eigenvalue weighted by Gasteiger charge is -2.25. The summed E-state index contributed by atoms with van der Waals surface area (Å²) in [5.74, 6) is -5.09. The van der Waals surface area contributed by atoms with Crippen molar-refractivity contribution in [2.75, 3.05) is 19.8 Å². The summed E-state index contributed by atoms with van der Waals surface area (Å²) in [7, 11) is 0. The van der Waals surface area contributed by atoms with Gasteiger partial charge in [-0.1, -0.05) is 19.1 Å². The Morgan fingerprint density at radius 1 is 0.933 bits per heavy atom. The number of carbonyl (C=O) groups is 5. The quantitative estimate of drug-likeness (QED) is 0.233. The van der Waals surface area contributed by atoms with Crippen molar-refractivity contribution >= 4 is 29.8 Å². The molecule has 0 radical (unpaired) electrons. The molecule has 1 aromatic carbocycles. The van der Waals surface area contributed by atoms with E-state index in [4.69, 9.17) is 24.4 Å². The smallest absolute Gasteiger partial charge is 0.339 e. The molecule has 162 valence electrons. The van der Waals surface area contributed by atoms with E-state index in [0.717, 1.165) is 6.08 Å². The summed E-state index contributed by atoms with van der Waals surface area (Å²) < 4.78 is 14.9. The molecule has 0 aliphatic rings. The fourth-order valence-electron chi connectivity index (χ4n) is 2.09. The molecule has 0 spiro atoms. The molecule has 0 saturated heterocycles. The van der Waals surface area contributed by atoms with Crippen LogP contribution in [-0.4, -0.2) is 59.9 Å². The van der Waals surface area contributed by atoms with Gasteiger partial charge >= 0.3 is 29.8 Å². The fourth-order valence-corrected chi connectivity index (χ4v) is 2.09. The Kier molecular flexibility index (Phi) is 9.21. The van der Waals surface area contributed by atoms with Crippen molar-refractivity contribution in [2.24, 2.45) is 5.41 Å². The molecule has 0 aliphatic heterocycles. The first-order valence-corrected chi connectivity index (χ1v) is 8.85. The number of aromatic carboxylic acids is 1. The largest absolute Gasteiger partial charge is 0.478 e. The van der Waals surface area contributed by atoms with Crippen LogP contribution in [0.25, 0.3) is 0 Å². The highest BCUT2D eigenvalue weighted by Gasteiger charge is 2.34. The van der Waals surface area contributed by atoms with Crippen molar-refractivity contribution in [1.82, 2.24) is 0 Å². The van der Waals surface area contributed by atoms with Crippen LogP contribution >= 0.6 is 0 Å². The number of aliphatic carboxylic acids is 1. The second-order valence-electron chi connectivity index (χ2n) is 6.32. The summed E-state index contributed by atoms with van der Waals surface area (Å²) in [6, 6.07) is 5.53.